The third-order valence-electron chi connectivity index (χ3n) is 1.61. The first-order valence-electron chi connectivity index (χ1n) is 4.14. The van der Waals surface area contributed by atoms with Gasteiger partial charge in [0.1, 0.15) is 6.10 Å². The normalized spacial score (nSPS) is 27.3. The van der Waals surface area contributed by atoms with E-state index in [1.54, 1.807) is 6.08 Å². The van der Waals surface area contributed by atoms with Gasteiger partial charge in [-0.25, -0.2) is 0 Å². The Hall–Kier alpha value is -0.380. The molecule has 3 nitrogen and oxygen atoms in total. The topological polar surface area (TPSA) is 27.7 Å². The van der Waals surface area contributed by atoms with Gasteiger partial charge < -0.3 is 14.2 Å². The van der Waals surface area contributed by atoms with Gasteiger partial charge in [0.15, 0.2) is 5.79 Å². The molecular weight excluding hydrogens is 156 g/mol. The number of rotatable bonds is 4. The molecule has 1 saturated heterocycles. The molecule has 0 N–H and O–H groups in total. The minimum Gasteiger partial charge on any atom is -0.375 e. The van der Waals surface area contributed by atoms with Crippen LogP contribution in [0.3, 0.4) is 0 Å². The summed E-state index contributed by atoms with van der Waals surface area (Å²) in [6.07, 6.45) is 1.79. The SMILES string of the molecule is C=CCOC[C@H]1COC(C)(C)O1. The molecule has 1 fully saturated rings. The Labute approximate surface area is 73.3 Å². The summed E-state index contributed by atoms with van der Waals surface area (Å²) in [5.74, 6) is -0.442. The highest BCUT2D eigenvalue weighted by Crippen LogP contribution is 2.22. The lowest BCUT2D eigenvalue weighted by Crippen LogP contribution is -2.24. The van der Waals surface area contributed by atoms with Crippen molar-refractivity contribution in [3.05, 3.63) is 12.7 Å². The lowest BCUT2D eigenvalue weighted by molar-refractivity contribution is -0.144. The molecule has 0 aliphatic carbocycles. The molecule has 0 saturated carbocycles. The minimum atomic E-state index is -0.442. The van der Waals surface area contributed by atoms with Gasteiger partial charge in [-0.2, -0.15) is 0 Å². The number of hydrogen-bond acceptors (Lipinski definition) is 3. The third-order valence-corrected chi connectivity index (χ3v) is 1.61. The molecule has 0 aromatic heterocycles. The predicted octanol–water partition coefficient (Wildman–Crippen LogP) is 1.34. The minimum absolute atomic E-state index is 0.0694. The zero-order chi connectivity index (χ0) is 9.03. The van der Waals surface area contributed by atoms with Gasteiger partial charge in [0.25, 0.3) is 0 Å². The van der Waals surface area contributed by atoms with Gasteiger partial charge >= 0.3 is 0 Å². The molecule has 0 amide bonds. The summed E-state index contributed by atoms with van der Waals surface area (Å²) in [7, 11) is 0. The molecule has 12 heavy (non-hydrogen) atoms. The second-order valence-corrected chi connectivity index (χ2v) is 3.28. The standard InChI is InChI=1S/C9H16O3/c1-4-5-10-6-8-7-11-9(2,3)12-8/h4,8H,1,5-7H2,2-3H3/t8-/m0/s1. The maximum atomic E-state index is 5.51. The fourth-order valence-corrected chi connectivity index (χ4v) is 1.13. The highest BCUT2D eigenvalue weighted by atomic mass is 16.7. The van der Waals surface area contributed by atoms with E-state index in [9.17, 15) is 0 Å². The summed E-state index contributed by atoms with van der Waals surface area (Å²) >= 11 is 0. The van der Waals surface area contributed by atoms with E-state index in [2.05, 4.69) is 6.58 Å². The van der Waals surface area contributed by atoms with Crippen LogP contribution in [0, 0.1) is 0 Å². The molecule has 0 radical (unpaired) electrons. The van der Waals surface area contributed by atoms with Crippen molar-refractivity contribution >= 4 is 0 Å². The maximum absolute atomic E-state index is 5.51. The van der Waals surface area contributed by atoms with Crippen molar-refractivity contribution in [1.82, 2.24) is 0 Å². The molecule has 0 unspecified atom stereocenters. The van der Waals surface area contributed by atoms with Crippen LogP contribution in [0.1, 0.15) is 13.8 Å². The van der Waals surface area contributed by atoms with Gasteiger partial charge in [-0.1, -0.05) is 6.08 Å². The molecule has 0 bridgehead atoms. The molecule has 1 aliphatic rings. The van der Waals surface area contributed by atoms with Gasteiger partial charge in [-0.05, 0) is 13.8 Å². The van der Waals surface area contributed by atoms with Crippen LogP contribution in [-0.2, 0) is 14.2 Å². The summed E-state index contributed by atoms with van der Waals surface area (Å²) in [6, 6.07) is 0. The Morgan fingerprint density at radius 2 is 2.42 bits per heavy atom. The number of hydrogen-bond donors (Lipinski definition) is 0. The van der Waals surface area contributed by atoms with Crippen molar-refractivity contribution in [2.24, 2.45) is 0 Å². The Kier molecular flexibility index (Phi) is 3.26. The first-order chi connectivity index (χ1) is 5.64. The van der Waals surface area contributed by atoms with E-state index in [0.717, 1.165) is 0 Å². The van der Waals surface area contributed by atoms with E-state index in [-0.39, 0.29) is 6.10 Å². The molecule has 0 aromatic rings. The van der Waals surface area contributed by atoms with Gasteiger partial charge in [0.05, 0.1) is 19.8 Å². The van der Waals surface area contributed by atoms with Crippen LogP contribution in [0.2, 0.25) is 0 Å². The molecule has 1 atom stereocenters. The lowest BCUT2D eigenvalue weighted by Gasteiger charge is -2.16. The van der Waals surface area contributed by atoms with Gasteiger partial charge in [0.2, 0.25) is 0 Å². The summed E-state index contributed by atoms with van der Waals surface area (Å²) in [5, 5.41) is 0. The van der Waals surface area contributed by atoms with Crippen molar-refractivity contribution in [1.29, 1.82) is 0 Å². The van der Waals surface area contributed by atoms with Crippen molar-refractivity contribution in [2.75, 3.05) is 19.8 Å². The van der Waals surface area contributed by atoms with E-state index in [1.165, 1.54) is 0 Å². The Morgan fingerprint density at radius 1 is 1.67 bits per heavy atom. The van der Waals surface area contributed by atoms with Crippen molar-refractivity contribution in [2.45, 2.75) is 25.7 Å². The first kappa shape index (κ1) is 9.71. The second-order valence-electron chi connectivity index (χ2n) is 3.28. The van der Waals surface area contributed by atoms with E-state index in [1.807, 2.05) is 13.8 Å². The Bertz CT molecular complexity index is 154. The molecule has 0 spiro atoms. The largest absolute Gasteiger partial charge is 0.375 e. The molecule has 3 heteroatoms. The highest BCUT2D eigenvalue weighted by molar-refractivity contribution is 4.71. The van der Waals surface area contributed by atoms with Crippen LogP contribution in [0.4, 0.5) is 0 Å². The molecule has 0 aromatic carbocycles. The third kappa shape index (κ3) is 2.93. The molecule has 1 rings (SSSR count). The van der Waals surface area contributed by atoms with Crippen molar-refractivity contribution < 1.29 is 14.2 Å². The van der Waals surface area contributed by atoms with Gasteiger partial charge in [-0.15, -0.1) is 6.58 Å². The van der Waals surface area contributed by atoms with Crippen LogP contribution in [0.5, 0.6) is 0 Å². The fourth-order valence-electron chi connectivity index (χ4n) is 1.13. The molecular formula is C9H16O3. The average molecular weight is 172 g/mol. The summed E-state index contributed by atoms with van der Waals surface area (Å²) in [4.78, 5) is 0. The summed E-state index contributed by atoms with van der Waals surface area (Å²) in [6.45, 7) is 9.13. The van der Waals surface area contributed by atoms with E-state index < -0.39 is 5.79 Å². The van der Waals surface area contributed by atoms with Crippen molar-refractivity contribution in [3.8, 4) is 0 Å². The molecule has 1 aliphatic heterocycles. The zero-order valence-corrected chi connectivity index (χ0v) is 7.71. The highest BCUT2D eigenvalue weighted by Gasteiger charge is 2.32. The lowest BCUT2D eigenvalue weighted by atomic mass is 10.4. The Morgan fingerprint density at radius 3 is 2.92 bits per heavy atom. The van der Waals surface area contributed by atoms with Crippen LogP contribution in [0.15, 0.2) is 12.7 Å². The molecule has 1 heterocycles. The summed E-state index contributed by atoms with van der Waals surface area (Å²) in [5.41, 5.74) is 0. The Balaban J connectivity index is 2.15. The summed E-state index contributed by atoms with van der Waals surface area (Å²) < 4.78 is 16.1. The first-order valence-corrected chi connectivity index (χ1v) is 4.14. The smallest absolute Gasteiger partial charge is 0.163 e. The quantitative estimate of drug-likeness (QED) is 0.473. The van der Waals surface area contributed by atoms with Crippen LogP contribution < -0.4 is 0 Å². The van der Waals surface area contributed by atoms with Crippen LogP contribution in [-0.4, -0.2) is 31.7 Å². The van der Waals surface area contributed by atoms with Crippen molar-refractivity contribution in [3.63, 3.8) is 0 Å². The second kappa shape index (κ2) is 4.03. The number of ether oxygens (including phenoxy) is 3. The monoisotopic (exact) mass is 172 g/mol. The van der Waals surface area contributed by atoms with Gasteiger partial charge in [-0.3, -0.25) is 0 Å². The predicted molar refractivity (Wildman–Crippen MR) is 45.9 cm³/mol. The zero-order valence-electron chi connectivity index (χ0n) is 7.71. The molecule has 70 valence electrons. The van der Waals surface area contributed by atoms with E-state index in [0.29, 0.717) is 19.8 Å². The van der Waals surface area contributed by atoms with E-state index in [4.69, 9.17) is 14.2 Å². The fraction of sp³-hybridized carbons (Fsp3) is 0.778. The van der Waals surface area contributed by atoms with Gasteiger partial charge in [0, 0.05) is 0 Å². The van der Waals surface area contributed by atoms with Crippen LogP contribution in [0.25, 0.3) is 0 Å². The van der Waals surface area contributed by atoms with Crippen LogP contribution >= 0.6 is 0 Å². The maximum Gasteiger partial charge on any atom is 0.163 e. The average Bonchev–Trinajstić information content (AvgIpc) is 2.31. The van der Waals surface area contributed by atoms with E-state index >= 15 is 0 Å².